The molecule has 118 valence electrons. The number of nitrogens with one attached hydrogen (secondary N) is 1. The van der Waals surface area contributed by atoms with E-state index in [4.69, 9.17) is 4.74 Å². The third kappa shape index (κ3) is 6.23. The van der Waals surface area contributed by atoms with Crippen LogP contribution in [0.1, 0.15) is 46.5 Å². The monoisotopic (exact) mass is 284 g/mol. The van der Waals surface area contributed by atoms with E-state index in [1.54, 1.807) is 0 Å². The van der Waals surface area contributed by atoms with Crippen molar-refractivity contribution in [2.24, 2.45) is 11.8 Å². The van der Waals surface area contributed by atoms with Gasteiger partial charge in [-0.3, -0.25) is 4.79 Å². The second-order valence-corrected chi connectivity index (χ2v) is 6.40. The van der Waals surface area contributed by atoms with Crippen molar-refractivity contribution >= 4 is 5.97 Å². The van der Waals surface area contributed by atoms with Crippen LogP contribution in [0.2, 0.25) is 0 Å². The first kappa shape index (κ1) is 17.4. The SMILES string of the molecule is CCCCN1CC(NCCC(C)C)CC(C(=O)OC)C1. The number of methoxy groups -OCH3 is 1. The predicted octanol–water partition coefficient (Wildman–Crippen LogP) is 2.29. The van der Waals surface area contributed by atoms with Gasteiger partial charge in [0.2, 0.25) is 0 Å². The molecule has 1 aliphatic rings. The highest BCUT2D eigenvalue weighted by atomic mass is 16.5. The van der Waals surface area contributed by atoms with Gasteiger partial charge in [0.25, 0.3) is 0 Å². The first-order valence-corrected chi connectivity index (χ1v) is 8.10. The lowest BCUT2D eigenvalue weighted by Gasteiger charge is -2.37. The average molecular weight is 284 g/mol. The van der Waals surface area contributed by atoms with Crippen LogP contribution in [-0.2, 0) is 9.53 Å². The zero-order chi connectivity index (χ0) is 15.0. The Kier molecular flexibility index (Phi) is 8.15. The Morgan fingerprint density at radius 3 is 2.75 bits per heavy atom. The molecule has 0 aromatic carbocycles. The second-order valence-electron chi connectivity index (χ2n) is 6.40. The molecule has 0 aromatic rings. The van der Waals surface area contributed by atoms with Crippen molar-refractivity contribution in [3.05, 3.63) is 0 Å². The van der Waals surface area contributed by atoms with Crippen molar-refractivity contribution in [1.29, 1.82) is 0 Å². The first-order valence-electron chi connectivity index (χ1n) is 8.10. The Hall–Kier alpha value is -0.610. The third-order valence-electron chi connectivity index (χ3n) is 4.04. The van der Waals surface area contributed by atoms with Crippen LogP contribution in [0, 0.1) is 11.8 Å². The number of carbonyl (C=O) groups is 1. The highest BCUT2D eigenvalue weighted by molar-refractivity contribution is 5.72. The standard InChI is InChI=1S/C16H32N2O2/c1-5-6-9-18-11-14(16(19)20-4)10-15(12-18)17-8-7-13(2)3/h13-15,17H,5-12H2,1-4H3. The van der Waals surface area contributed by atoms with Crippen molar-refractivity contribution < 1.29 is 9.53 Å². The van der Waals surface area contributed by atoms with Gasteiger partial charge < -0.3 is 15.0 Å². The molecule has 0 aromatic heterocycles. The van der Waals surface area contributed by atoms with Gasteiger partial charge in [-0.1, -0.05) is 27.2 Å². The molecule has 0 spiro atoms. The summed E-state index contributed by atoms with van der Waals surface area (Å²) < 4.78 is 4.94. The minimum Gasteiger partial charge on any atom is -0.469 e. The van der Waals surface area contributed by atoms with Crippen LogP contribution < -0.4 is 5.32 Å². The summed E-state index contributed by atoms with van der Waals surface area (Å²) in [6.45, 7) is 10.7. The fraction of sp³-hybridized carbons (Fsp3) is 0.938. The number of rotatable bonds is 8. The van der Waals surface area contributed by atoms with E-state index in [-0.39, 0.29) is 11.9 Å². The topological polar surface area (TPSA) is 41.6 Å². The van der Waals surface area contributed by atoms with E-state index in [2.05, 4.69) is 31.0 Å². The molecule has 4 nitrogen and oxygen atoms in total. The van der Waals surface area contributed by atoms with Gasteiger partial charge in [-0.2, -0.15) is 0 Å². The summed E-state index contributed by atoms with van der Waals surface area (Å²) in [5, 5.41) is 3.62. The quantitative estimate of drug-likeness (QED) is 0.694. The molecule has 0 aliphatic carbocycles. The Labute approximate surface area is 124 Å². The number of likely N-dealkylation sites (tertiary alicyclic amines) is 1. The molecule has 1 aliphatic heterocycles. The van der Waals surface area contributed by atoms with E-state index in [1.807, 2.05) is 0 Å². The normalized spacial score (nSPS) is 24.1. The number of hydrogen-bond donors (Lipinski definition) is 1. The molecule has 2 unspecified atom stereocenters. The number of nitrogens with zero attached hydrogens (tertiary/aromatic N) is 1. The second kappa shape index (κ2) is 9.35. The molecule has 0 bridgehead atoms. The highest BCUT2D eigenvalue weighted by Gasteiger charge is 2.31. The van der Waals surface area contributed by atoms with E-state index in [0.717, 1.165) is 38.5 Å². The third-order valence-corrected chi connectivity index (χ3v) is 4.04. The van der Waals surface area contributed by atoms with E-state index in [9.17, 15) is 4.79 Å². The largest absolute Gasteiger partial charge is 0.469 e. The maximum atomic E-state index is 11.8. The van der Waals surface area contributed by atoms with Crippen LogP contribution in [0.5, 0.6) is 0 Å². The molecule has 20 heavy (non-hydrogen) atoms. The summed E-state index contributed by atoms with van der Waals surface area (Å²) in [5.74, 6) is 0.697. The number of ether oxygens (including phenoxy) is 1. The van der Waals surface area contributed by atoms with Crippen molar-refractivity contribution in [1.82, 2.24) is 10.2 Å². The molecule has 1 fully saturated rings. The number of esters is 1. The zero-order valence-electron chi connectivity index (χ0n) is 13.7. The van der Waals surface area contributed by atoms with E-state index in [0.29, 0.717) is 6.04 Å². The maximum absolute atomic E-state index is 11.8. The van der Waals surface area contributed by atoms with Crippen LogP contribution in [0.25, 0.3) is 0 Å². The Morgan fingerprint density at radius 2 is 2.15 bits per heavy atom. The number of carbonyl (C=O) groups excluding carboxylic acids is 1. The van der Waals surface area contributed by atoms with E-state index in [1.165, 1.54) is 26.4 Å². The van der Waals surface area contributed by atoms with E-state index >= 15 is 0 Å². The van der Waals surface area contributed by atoms with Gasteiger partial charge in [0, 0.05) is 19.1 Å². The average Bonchev–Trinajstić information content (AvgIpc) is 2.43. The van der Waals surface area contributed by atoms with Crippen molar-refractivity contribution in [2.75, 3.05) is 33.3 Å². The lowest BCUT2D eigenvalue weighted by molar-refractivity contribution is -0.147. The summed E-state index contributed by atoms with van der Waals surface area (Å²) in [6, 6.07) is 0.420. The van der Waals surface area contributed by atoms with Crippen molar-refractivity contribution in [2.45, 2.75) is 52.5 Å². The van der Waals surface area contributed by atoms with Gasteiger partial charge in [-0.05, 0) is 38.3 Å². The Morgan fingerprint density at radius 1 is 1.40 bits per heavy atom. The summed E-state index contributed by atoms with van der Waals surface area (Å²) in [7, 11) is 1.49. The van der Waals surface area contributed by atoms with Crippen LogP contribution >= 0.6 is 0 Å². The molecule has 2 atom stereocenters. The lowest BCUT2D eigenvalue weighted by atomic mass is 9.93. The highest BCUT2D eigenvalue weighted by Crippen LogP contribution is 2.19. The van der Waals surface area contributed by atoms with Gasteiger partial charge in [0.1, 0.15) is 0 Å². The fourth-order valence-electron chi connectivity index (χ4n) is 2.82. The number of piperidine rings is 1. The van der Waals surface area contributed by atoms with Gasteiger partial charge >= 0.3 is 5.97 Å². The molecule has 1 rings (SSSR count). The summed E-state index contributed by atoms with van der Waals surface area (Å²) in [6.07, 6.45) is 4.50. The van der Waals surface area contributed by atoms with E-state index < -0.39 is 0 Å². The lowest BCUT2D eigenvalue weighted by Crippen LogP contribution is -2.51. The Balaban J connectivity index is 2.48. The van der Waals surface area contributed by atoms with Crippen molar-refractivity contribution in [3.63, 3.8) is 0 Å². The molecule has 0 amide bonds. The molecule has 4 heteroatoms. The molecular formula is C16H32N2O2. The van der Waals surface area contributed by atoms with Crippen LogP contribution in [0.15, 0.2) is 0 Å². The summed E-state index contributed by atoms with van der Waals surface area (Å²) in [5.41, 5.74) is 0. The van der Waals surface area contributed by atoms with Crippen LogP contribution in [0.3, 0.4) is 0 Å². The van der Waals surface area contributed by atoms with Crippen LogP contribution in [-0.4, -0.2) is 50.2 Å². The Bertz CT molecular complexity index is 282. The smallest absolute Gasteiger partial charge is 0.310 e. The number of unbranched alkanes of at least 4 members (excludes halogenated alkanes) is 1. The summed E-state index contributed by atoms with van der Waals surface area (Å²) >= 11 is 0. The molecule has 1 heterocycles. The molecule has 0 saturated carbocycles. The maximum Gasteiger partial charge on any atom is 0.310 e. The molecule has 1 saturated heterocycles. The fourth-order valence-corrected chi connectivity index (χ4v) is 2.82. The predicted molar refractivity (Wildman–Crippen MR) is 82.7 cm³/mol. The zero-order valence-corrected chi connectivity index (χ0v) is 13.7. The van der Waals surface area contributed by atoms with Gasteiger partial charge in [-0.15, -0.1) is 0 Å². The van der Waals surface area contributed by atoms with Gasteiger partial charge in [-0.25, -0.2) is 0 Å². The van der Waals surface area contributed by atoms with Crippen molar-refractivity contribution in [3.8, 4) is 0 Å². The molecule has 1 N–H and O–H groups in total. The first-order chi connectivity index (χ1) is 9.56. The summed E-state index contributed by atoms with van der Waals surface area (Å²) in [4.78, 5) is 14.3. The minimum absolute atomic E-state index is 0.0298. The molecule has 0 radical (unpaired) electrons. The number of hydrogen-bond acceptors (Lipinski definition) is 4. The van der Waals surface area contributed by atoms with Gasteiger partial charge in [0.05, 0.1) is 13.0 Å². The minimum atomic E-state index is -0.0538. The van der Waals surface area contributed by atoms with Gasteiger partial charge in [0.15, 0.2) is 0 Å². The van der Waals surface area contributed by atoms with Crippen LogP contribution in [0.4, 0.5) is 0 Å². The molecular weight excluding hydrogens is 252 g/mol.